The van der Waals surface area contributed by atoms with Crippen LogP contribution < -0.4 is 0 Å². The zero-order valence-corrected chi connectivity index (χ0v) is 13.7. The first-order valence-corrected chi connectivity index (χ1v) is 8.47. The van der Waals surface area contributed by atoms with Gasteiger partial charge in [0.15, 0.2) is 0 Å². The fourth-order valence-electron chi connectivity index (χ4n) is 3.90. The maximum atomic E-state index is 6.28. The molecule has 2 aromatic rings. The molecule has 0 bridgehead atoms. The molecule has 0 saturated carbocycles. The Labute approximate surface area is 137 Å². The fraction of sp³-hybridized carbons (Fsp3) is 0.556. The Morgan fingerprint density at radius 1 is 1.30 bits per heavy atom. The van der Waals surface area contributed by atoms with Crippen LogP contribution in [0.15, 0.2) is 36.8 Å². The first-order chi connectivity index (χ1) is 11.2. The molecule has 23 heavy (non-hydrogen) atoms. The summed E-state index contributed by atoms with van der Waals surface area (Å²) in [6.45, 7) is 3.97. The van der Waals surface area contributed by atoms with E-state index in [1.807, 2.05) is 30.2 Å². The zero-order chi connectivity index (χ0) is 15.7. The largest absolute Gasteiger partial charge is 0.374 e. The van der Waals surface area contributed by atoms with E-state index < -0.39 is 0 Å². The molecule has 2 fully saturated rings. The summed E-state index contributed by atoms with van der Waals surface area (Å²) in [5, 5.41) is 4.30. The number of pyridine rings is 1. The lowest BCUT2D eigenvalue weighted by atomic mass is 9.84. The van der Waals surface area contributed by atoms with Crippen LogP contribution >= 0.6 is 0 Å². The number of hydrogen-bond donors (Lipinski definition) is 0. The van der Waals surface area contributed by atoms with Gasteiger partial charge in [0.25, 0.3) is 0 Å². The van der Waals surface area contributed by atoms with Gasteiger partial charge in [0.1, 0.15) is 0 Å². The molecule has 0 aromatic carbocycles. The van der Waals surface area contributed by atoms with Crippen molar-refractivity contribution in [1.29, 1.82) is 0 Å². The molecule has 122 valence electrons. The van der Waals surface area contributed by atoms with Gasteiger partial charge in [-0.25, -0.2) is 0 Å². The minimum Gasteiger partial charge on any atom is -0.374 e. The van der Waals surface area contributed by atoms with Gasteiger partial charge in [-0.1, -0.05) is 6.07 Å². The Morgan fingerprint density at radius 3 is 2.87 bits per heavy atom. The number of rotatable bonds is 3. The monoisotopic (exact) mass is 312 g/mol. The van der Waals surface area contributed by atoms with Crippen LogP contribution in [0.2, 0.25) is 0 Å². The van der Waals surface area contributed by atoms with E-state index in [1.54, 1.807) is 0 Å². The molecule has 2 saturated heterocycles. The van der Waals surface area contributed by atoms with E-state index in [0.717, 1.165) is 51.2 Å². The van der Waals surface area contributed by atoms with Crippen molar-refractivity contribution < 1.29 is 4.74 Å². The number of aryl methyl sites for hydroxylation is 1. The Bertz CT molecular complexity index is 646. The molecular weight excluding hydrogens is 288 g/mol. The molecule has 2 aromatic heterocycles. The Kier molecular flexibility index (Phi) is 3.91. The fourth-order valence-corrected chi connectivity index (χ4v) is 3.90. The highest BCUT2D eigenvalue weighted by Crippen LogP contribution is 2.42. The molecule has 4 rings (SSSR count). The van der Waals surface area contributed by atoms with Crippen molar-refractivity contribution in [2.24, 2.45) is 7.05 Å². The molecule has 1 spiro atoms. The first kappa shape index (κ1) is 14.8. The zero-order valence-electron chi connectivity index (χ0n) is 13.7. The highest BCUT2D eigenvalue weighted by molar-refractivity contribution is 5.15. The van der Waals surface area contributed by atoms with Gasteiger partial charge in [-0.15, -0.1) is 0 Å². The van der Waals surface area contributed by atoms with Gasteiger partial charge in [0.05, 0.1) is 24.1 Å². The number of piperidine rings is 1. The van der Waals surface area contributed by atoms with Gasteiger partial charge >= 0.3 is 0 Å². The second-order valence-corrected chi connectivity index (χ2v) is 6.94. The van der Waals surface area contributed by atoms with Crippen molar-refractivity contribution in [2.75, 3.05) is 19.7 Å². The number of ether oxygens (including phenoxy) is 1. The van der Waals surface area contributed by atoms with E-state index in [4.69, 9.17) is 4.74 Å². The van der Waals surface area contributed by atoms with E-state index in [1.165, 1.54) is 5.56 Å². The van der Waals surface area contributed by atoms with Crippen molar-refractivity contribution in [3.8, 4) is 0 Å². The number of hydrogen-bond acceptors (Lipinski definition) is 4. The summed E-state index contributed by atoms with van der Waals surface area (Å²) in [5.74, 6) is 0.506. The van der Waals surface area contributed by atoms with Gasteiger partial charge in [0.2, 0.25) is 0 Å². The van der Waals surface area contributed by atoms with E-state index in [-0.39, 0.29) is 5.60 Å². The van der Waals surface area contributed by atoms with Crippen molar-refractivity contribution in [1.82, 2.24) is 19.7 Å². The minimum atomic E-state index is 0.0844. The molecule has 0 N–H and O–H groups in total. The summed E-state index contributed by atoms with van der Waals surface area (Å²) in [7, 11) is 1.98. The standard InChI is InChI=1S/C18H24N4O/c1-21-12-16(11-20-21)15-10-18(23-14-15)5-8-22(9-6-18)13-17-4-2-3-7-19-17/h2-4,7,11-12,15H,5-6,8-10,13-14H2,1H3. The summed E-state index contributed by atoms with van der Waals surface area (Å²) in [4.78, 5) is 6.93. The molecular formula is C18H24N4O. The van der Waals surface area contributed by atoms with Gasteiger partial charge in [-0.2, -0.15) is 5.10 Å². The van der Waals surface area contributed by atoms with Crippen LogP contribution in [0.4, 0.5) is 0 Å². The quantitative estimate of drug-likeness (QED) is 0.872. The van der Waals surface area contributed by atoms with Crippen LogP contribution in [0.1, 0.15) is 36.4 Å². The first-order valence-electron chi connectivity index (χ1n) is 8.47. The lowest BCUT2D eigenvalue weighted by Crippen LogP contribution is -2.43. The number of nitrogens with zero attached hydrogens (tertiary/aromatic N) is 4. The van der Waals surface area contributed by atoms with Crippen LogP contribution in [-0.4, -0.2) is 45.0 Å². The highest BCUT2D eigenvalue weighted by atomic mass is 16.5. The lowest BCUT2D eigenvalue weighted by Gasteiger charge is -2.38. The van der Waals surface area contributed by atoms with E-state index in [0.29, 0.717) is 5.92 Å². The maximum absolute atomic E-state index is 6.28. The molecule has 2 aliphatic rings. The van der Waals surface area contributed by atoms with Gasteiger partial charge in [0, 0.05) is 45.0 Å². The molecule has 1 atom stereocenters. The van der Waals surface area contributed by atoms with Crippen LogP contribution in [0.3, 0.4) is 0 Å². The Morgan fingerprint density at radius 2 is 2.17 bits per heavy atom. The van der Waals surface area contributed by atoms with Crippen molar-refractivity contribution in [3.63, 3.8) is 0 Å². The van der Waals surface area contributed by atoms with Gasteiger partial charge in [-0.3, -0.25) is 14.6 Å². The average Bonchev–Trinajstić information content (AvgIpc) is 3.18. The molecule has 0 radical (unpaired) electrons. The van der Waals surface area contributed by atoms with E-state index in [2.05, 4.69) is 33.3 Å². The summed E-state index contributed by atoms with van der Waals surface area (Å²) in [5.41, 5.74) is 2.56. The summed E-state index contributed by atoms with van der Waals surface area (Å²) in [6, 6.07) is 6.14. The molecule has 5 nitrogen and oxygen atoms in total. The highest BCUT2D eigenvalue weighted by Gasteiger charge is 2.43. The van der Waals surface area contributed by atoms with Gasteiger partial charge in [-0.05, 0) is 37.0 Å². The Hall–Kier alpha value is -1.72. The predicted octanol–water partition coefficient (Wildman–Crippen LogP) is 2.35. The third-order valence-corrected chi connectivity index (χ3v) is 5.28. The molecule has 2 aliphatic heterocycles. The van der Waals surface area contributed by atoms with Crippen LogP contribution in [-0.2, 0) is 18.3 Å². The topological polar surface area (TPSA) is 43.2 Å². The smallest absolute Gasteiger partial charge is 0.0713 e. The molecule has 5 heteroatoms. The van der Waals surface area contributed by atoms with E-state index >= 15 is 0 Å². The summed E-state index contributed by atoms with van der Waals surface area (Å²) >= 11 is 0. The van der Waals surface area contributed by atoms with Crippen LogP contribution in [0.25, 0.3) is 0 Å². The third-order valence-electron chi connectivity index (χ3n) is 5.28. The maximum Gasteiger partial charge on any atom is 0.0713 e. The lowest BCUT2D eigenvalue weighted by molar-refractivity contribution is -0.0450. The number of likely N-dealkylation sites (tertiary alicyclic amines) is 1. The SMILES string of the molecule is Cn1cc(C2COC3(CCN(Cc4ccccn4)CC3)C2)cn1. The molecule has 0 amide bonds. The van der Waals surface area contributed by atoms with Crippen LogP contribution in [0, 0.1) is 0 Å². The second kappa shape index (κ2) is 6.06. The molecule has 4 heterocycles. The average molecular weight is 312 g/mol. The normalized spacial score (nSPS) is 24.3. The predicted molar refractivity (Wildman–Crippen MR) is 88.0 cm³/mol. The van der Waals surface area contributed by atoms with Crippen molar-refractivity contribution in [2.45, 2.75) is 37.3 Å². The third kappa shape index (κ3) is 3.16. The summed E-state index contributed by atoms with van der Waals surface area (Å²) in [6.07, 6.45) is 9.37. The van der Waals surface area contributed by atoms with E-state index in [9.17, 15) is 0 Å². The molecule has 1 unspecified atom stereocenters. The molecule has 0 aliphatic carbocycles. The second-order valence-electron chi connectivity index (χ2n) is 6.94. The van der Waals surface area contributed by atoms with Crippen molar-refractivity contribution in [3.05, 3.63) is 48.0 Å². The van der Waals surface area contributed by atoms with Crippen molar-refractivity contribution >= 4 is 0 Å². The van der Waals surface area contributed by atoms with Crippen LogP contribution in [0.5, 0.6) is 0 Å². The minimum absolute atomic E-state index is 0.0844. The van der Waals surface area contributed by atoms with Gasteiger partial charge < -0.3 is 4.74 Å². The summed E-state index contributed by atoms with van der Waals surface area (Å²) < 4.78 is 8.16. The Balaban J connectivity index is 1.34. The number of aromatic nitrogens is 3.